The minimum Gasteiger partial charge on any atom is -0.488 e. The van der Waals surface area contributed by atoms with Gasteiger partial charge in [-0.15, -0.1) is 5.10 Å². The fraction of sp³-hybridized carbons (Fsp3) is 0.0909. The molecule has 8 heteroatoms. The van der Waals surface area contributed by atoms with Gasteiger partial charge >= 0.3 is 0 Å². The third-order valence-electron chi connectivity index (χ3n) is 4.93. The molecule has 0 amide bonds. The highest BCUT2D eigenvalue weighted by Crippen LogP contribution is 2.36. The van der Waals surface area contributed by atoms with Crippen LogP contribution in [0.25, 0.3) is 21.8 Å². The van der Waals surface area contributed by atoms with E-state index < -0.39 is 11.6 Å². The van der Waals surface area contributed by atoms with E-state index in [1.807, 2.05) is 42.5 Å². The number of hydrogen-bond acceptors (Lipinski definition) is 4. The van der Waals surface area contributed by atoms with E-state index in [1.54, 1.807) is 0 Å². The van der Waals surface area contributed by atoms with E-state index in [0.29, 0.717) is 18.2 Å². The van der Waals surface area contributed by atoms with Crippen LogP contribution >= 0.6 is 12.2 Å². The Balaban J connectivity index is 1.60. The van der Waals surface area contributed by atoms with Crippen LogP contribution in [0.3, 0.4) is 0 Å². The molecule has 0 bridgehead atoms. The fourth-order valence-corrected chi connectivity index (χ4v) is 3.76. The molecule has 2 heterocycles. The molecule has 30 heavy (non-hydrogen) atoms. The van der Waals surface area contributed by atoms with Gasteiger partial charge in [-0.25, -0.2) is 13.9 Å². The summed E-state index contributed by atoms with van der Waals surface area (Å²) in [5.74, 6) is -0.187. The SMILES string of the molecule is Fc1ccc(COc2cccc3c2c2ccccc2n3Cc2n[nH]c(=S)o2)c(F)c1. The molecule has 0 aliphatic carbocycles. The van der Waals surface area contributed by atoms with E-state index in [0.717, 1.165) is 27.9 Å². The molecule has 5 rings (SSSR count). The van der Waals surface area contributed by atoms with Crippen molar-refractivity contribution in [2.75, 3.05) is 0 Å². The number of fused-ring (bicyclic) bond motifs is 3. The second kappa shape index (κ2) is 7.38. The Kier molecular flexibility index (Phi) is 4.55. The van der Waals surface area contributed by atoms with Gasteiger partial charge in [0.05, 0.1) is 5.52 Å². The molecule has 0 saturated heterocycles. The summed E-state index contributed by atoms with van der Waals surface area (Å²) in [4.78, 5) is 0.219. The minimum atomic E-state index is -0.635. The fourth-order valence-electron chi connectivity index (χ4n) is 3.61. The van der Waals surface area contributed by atoms with Crippen molar-refractivity contribution >= 4 is 34.0 Å². The summed E-state index contributed by atoms with van der Waals surface area (Å²) in [5, 5.41) is 8.61. The third-order valence-corrected chi connectivity index (χ3v) is 5.11. The molecule has 0 aliphatic heterocycles. The number of nitrogens with zero attached hydrogens (tertiary/aromatic N) is 2. The lowest BCUT2D eigenvalue weighted by Crippen LogP contribution is -2.01. The van der Waals surface area contributed by atoms with Gasteiger partial charge < -0.3 is 13.7 Å². The lowest BCUT2D eigenvalue weighted by atomic mass is 10.1. The van der Waals surface area contributed by atoms with Gasteiger partial charge in [-0.3, -0.25) is 0 Å². The summed E-state index contributed by atoms with van der Waals surface area (Å²) < 4.78 is 40.6. The molecule has 0 unspecified atom stereocenters. The van der Waals surface area contributed by atoms with E-state index in [1.165, 1.54) is 12.1 Å². The van der Waals surface area contributed by atoms with E-state index in [2.05, 4.69) is 14.8 Å². The van der Waals surface area contributed by atoms with Crippen LogP contribution in [0.15, 0.2) is 65.1 Å². The number of aromatic amines is 1. The number of benzene rings is 3. The van der Waals surface area contributed by atoms with Gasteiger partial charge in [0.2, 0.25) is 5.89 Å². The van der Waals surface area contributed by atoms with Crippen LogP contribution in [-0.4, -0.2) is 14.8 Å². The first-order chi connectivity index (χ1) is 14.6. The Morgan fingerprint density at radius 1 is 1.03 bits per heavy atom. The number of hydrogen-bond donors (Lipinski definition) is 1. The van der Waals surface area contributed by atoms with Crippen LogP contribution in [0, 0.1) is 16.5 Å². The predicted molar refractivity (Wildman–Crippen MR) is 111 cm³/mol. The average Bonchev–Trinajstić information content (AvgIpc) is 3.29. The van der Waals surface area contributed by atoms with Crippen LogP contribution in [0.1, 0.15) is 11.5 Å². The highest BCUT2D eigenvalue weighted by molar-refractivity contribution is 7.71. The Morgan fingerprint density at radius 2 is 1.87 bits per heavy atom. The van der Waals surface area contributed by atoms with Gasteiger partial charge in [-0.2, -0.15) is 0 Å². The number of nitrogens with one attached hydrogen (secondary N) is 1. The van der Waals surface area contributed by atoms with Gasteiger partial charge in [-0.05, 0) is 42.5 Å². The lowest BCUT2D eigenvalue weighted by Gasteiger charge is -2.09. The Morgan fingerprint density at radius 3 is 2.67 bits per heavy atom. The van der Waals surface area contributed by atoms with Gasteiger partial charge in [0, 0.05) is 27.9 Å². The molecule has 5 aromatic rings. The molecule has 0 saturated carbocycles. The smallest absolute Gasteiger partial charge is 0.284 e. The first-order valence-corrected chi connectivity index (χ1v) is 9.62. The van der Waals surface area contributed by atoms with E-state index in [4.69, 9.17) is 21.4 Å². The summed E-state index contributed by atoms with van der Waals surface area (Å²) in [6.45, 7) is 0.367. The second-order valence-corrected chi connectivity index (χ2v) is 7.16. The Bertz CT molecular complexity index is 1440. The van der Waals surface area contributed by atoms with Crippen molar-refractivity contribution in [1.82, 2.24) is 14.8 Å². The van der Waals surface area contributed by atoms with Crippen molar-refractivity contribution in [2.45, 2.75) is 13.2 Å². The molecule has 0 aliphatic rings. The van der Waals surface area contributed by atoms with Gasteiger partial charge in [-0.1, -0.05) is 24.3 Å². The molecule has 0 spiro atoms. The summed E-state index contributed by atoms with van der Waals surface area (Å²) in [5.41, 5.74) is 2.17. The summed E-state index contributed by atoms with van der Waals surface area (Å²) in [6, 6.07) is 17.0. The molecular formula is C22H15F2N3O2S. The topological polar surface area (TPSA) is 56.0 Å². The van der Waals surface area contributed by atoms with Crippen LogP contribution in [0.2, 0.25) is 0 Å². The van der Waals surface area contributed by atoms with Crippen molar-refractivity contribution in [1.29, 1.82) is 0 Å². The summed E-state index contributed by atoms with van der Waals surface area (Å²) in [7, 11) is 0. The van der Waals surface area contributed by atoms with Gasteiger partial charge in [0.25, 0.3) is 4.84 Å². The van der Waals surface area contributed by atoms with E-state index in [-0.39, 0.29) is 17.0 Å². The van der Waals surface area contributed by atoms with Crippen molar-refractivity contribution in [3.8, 4) is 5.75 Å². The number of rotatable bonds is 5. The molecule has 150 valence electrons. The highest BCUT2D eigenvalue weighted by Gasteiger charge is 2.16. The van der Waals surface area contributed by atoms with Crippen LogP contribution in [-0.2, 0) is 13.2 Å². The molecule has 1 N–H and O–H groups in total. The zero-order chi connectivity index (χ0) is 20.7. The average molecular weight is 423 g/mol. The molecule has 0 atom stereocenters. The molecular weight excluding hydrogens is 408 g/mol. The minimum absolute atomic E-state index is 0.0151. The third kappa shape index (κ3) is 3.25. The van der Waals surface area contributed by atoms with Crippen molar-refractivity contribution in [3.63, 3.8) is 0 Å². The van der Waals surface area contributed by atoms with Crippen molar-refractivity contribution in [2.24, 2.45) is 0 Å². The number of aromatic nitrogens is 3. The number of para-hydroxylation sites is 1. The molecule has 5 nitrogen and oxygen atoms in total. The Labute approximate surface area is 174 Å². The lowest BCUT2D eigenvalue weighted by molar-refractivity contribution is 0.303. The normalized spacial score (nSPS) is 11.4. The zero-order valence-corrected chi connectivity index (χ0v) is 16.4. The molecule has 0 radical (unpaired) electrons. The first kappa shape index (κ1) is 18.5. The predicted octanol–water partition coefficient (Wildman–Crippen LogP) is 5.75. The maximum absolute atomic E-state index is 14.0. The molecule has 2 aromatic heterocycles. The van der Waals surface area contributed by atoms with Crippen LogP contribution < -0.4 is 4.74 Å². The number of halogens is 2. The van der Waals surface area contributed by atoms with Crippen molar-refractivity contribution in [3.05, 3.63) is 88.6 Å². The van der Waals surface area contributed by atoms with Crippen molar-refractivity contribution < 1.29 is 17.9 Å². The summed E-state index contributed by atoms with van der Waals surface area (Å²) in [6.07, 6.45) is 0. The van der Waals surface area contributed by atoms with E-state index >= 15 is 0 Å². The van der Waals surface area contributed by atoms with Gasteiger partial charge in [0.1, 0.15) is 30.5 Å². The van der Waals surface area contributed by atoms with Gasteiger partial charge in [0.15, 0.2) is 0 Å². The largest absolute Gasteiger partial charge is 0.488 e. The van der Waals surface area contributed by atoms with Crippen LogP contribution in [0.5, 0.6) is 5.75 Å². The number of ether oxygens (including phenoxy) is 1. The van der Waals surface area contributed by atoms with E-state index in [9.17, 15) is 8.78 Å². The maximum atomic E-state index is 14.0. The standard InChI is InChI=1S/C22H15F2N3O2S/c23-14-9-8-13(16(24)10-14)12-28-19-7-3-6-18-21(19)15-4-1-2-5-17(15)27(18)11-20-25-26-22(30)29-20/h1-10H,11-12H2,(H,26,30). The maximum Gasteiger partial charge on any atom is 0.284 e. The number of H-pyrrole nitrogens is 1. The quantitative estimate of drug-likeness (QED) is 0.366. The highest BCUT2D eigenvalue weighted by atomic mass is 32.1. The monoisotopic (exact) mass is 423 g/mol. The summed E-state index contributed by atoms with van der Waals surface area (Å²) >= 11 is 4.97. The molecule has 3 aromatic carbocycles. The second-order valence-electron chi connectivity index (χ2n) is 6.78. The zero-order valence-electron chi connectivity index (χ0n) is 15.6. The molecule has 0 fully saturated rings. The Hall–Kier alpha value is -3.52. The first-order valence-electron chi connectivity index (χ1n) is 9.21. The van der Waals surface area contributed by atoms with Crippen LogP contribution in [0.4, 0.5) is 8.78 Å².